The predicted octanol–water partition coefficient (Wildman–Crippen LogP) is 2.37. The van der Waals surface area contributed by atoms with Crippen LogP contribution in [-0.4, -0.2) is 30.2 Å². The molecule has 2 unspecified atom stereocenters. The van der Waals surface area contributed by atoms with Gasteiger partial charge in [-0.25, -0.2) is 4.79 Å². The number of nitrogens with one attached hydrogen (secondary N) is 2. The van der Waals surface area contributed by atoms with E-state index in [0.29, 0.717) is 13.1 Å². The molecule has 2 amide bonds. The molecule has 5 nitrogen and oxygen atoms in total. The van der Waals surface area contributed by atoms with Gasteiger partial charge in [-0.15, -0.1) is 0 Å². The summed E-state index contributed by atoms with van der Waals surface area (Å²) >= 11 is 0. The lowest BCUT2D eigenvalue weighted by Crippen LogP contribution is -2.40. The molecule has 0 aromatic carbocycles. The Morgan fingerprint density at radius 3 is 2.63 bits per heavy atom. The smallest absolute Gasteiger partial charge is 0.314 e. The molecule has 0 aliphatic heterocycles. The number of unbranched alkanes of at least 4 members (excludes halogenated alkanes) is 3. The number of carboxylic acids is 1. The third-order valence-electron chi connectivity index (χ3n) is 3.82. The molecule has 0 saturated heterocycles. The zero-order valence-electron chi connectivity index (χ0n) is 11.8. The van der Waals surface area contributed by atoms with Crippen LogP contribution in [0.3, 0.4) is 0 Å². The van der Waals surface area contributed by atoms with Gasteiger partial charge in [0.05, 0.1) is 5.92 Å². The molecule has 1 rings (SSSR count). The van der Waals surface area contributed by atoms with Gasteiger partial charge in [-0.05, 0) is 25.2 Å². The normalized spacial score (nSPS) is 22.2. The summed E-state index contributed by atoms with van der Waals surface area (Å²) in [6.45, 7) is 3.32. The Kier molecular flexibility index (Phi) is 7.30. The fraction of sp³-hybridized carbons (Fsp3) is 0.857. The highest BCUT2D eigenvalue weighted by molar-refractivity contribution is 5.74. The van der Waals surface area contributed by atoms with Crippen molar-refractivity contribution in [2.45, 2.75) is 51.9 Å². The summed E-state index contributed by atoms with van der Waals surface area (Å²) in [6, 6.07) is -0.174. The van der Waals surface area contributed by atoms with Crippen molar-refractivity contribution < 1.29 is 14.7 Å². The van der Waals surface area contributed by atoms with Gasteiger partial charge in [-0.1, -0.05) is 32.6 Å². The van der Waals surface area contributed by atoms with Crippen LogP contribution in [0, 0.1) is 11.8 Å². The first-order chi connectivity index (χ1) is 9.15. The summed E-state index contributed by atoms with van der Waals surface area (Å²) in [7, 11) is 0. The fourth-order valence-electron chi connectivity index (χ4n) is 2.65. The van der Waals surface area contributed by atoms with E-state index in [2.05, 4.69) is 17.6 Å². The zero-order valence-corrected chi connectivity index (χ0v) is 11.8. The molecule has 0 aromatic rings. The van der Waals surface area contributed by atoms with Crippen molar-refractivity contribution >= 4 is 12.0 Å². The molecule has 2 atom stereocenters. The zero-order chi connectivity index (χ0) is 14.1. The van der Waals surface area contributed by atoms with E-state index in [9.17, 15) is 9.59 Å². The minimum Gasteiger partial charge on any atom is -0.481 e. The number of carboxylic acid groups (broad SMARTS) is 1. The minimum atomic E-state index is -0.732. The monoisotopic (exact) mass is 270 g/mol. The molecule has 110 valence electrons. The highest BCUT2D eigenvalue weighted by atomic mass is 16.4. The molecule has 1 fully saturated rings. The molecule has 0 spiro atoms. The minimum absolute atomic E-state index is 0.0864. The summed E-state index contributed by atoms with van der Waals surface area (Å²) in [5.41, 5.74) is 0. The molecule has 1 aliphatic rings. The van der Waals surface area contributed by atoms with E-state index >= 15 is 0 Å². The molecule has 5 heteroatoms. The Morgan fingerprint density at radius 1 is 1.16 bits per heavy atom. The average Bonchev–Trinajstić information content (AvgIpc) is 2.84. The molecular formula is C14H26N2O3. The Morgan fingerprint density at radius 2 is 1.95 bits per heavy atom. The van der Waals surface area contributed by atoms with E-state index < -0.39 is 5.97 Å². The predicted molar refractivity (Wildman–Crippen MR) is 74.0 cm³/mol. The molecule has 0 bridgehead atoms. The van der Waals surface area contributed by atoms with Crippen LogP contribution >= 0.6 is 0 Å². The standard InChI is InChI=1S/C14H26N2O3/c1-2-3-4-5-9-15-14(19)16-10-11-7-6-8-12(11)13(17)18/h11-12H,2-10H2,1H3,(H,17,18)(H2,15,16,19). The van der Waals surface area contributed by atoms with Crippen molar-refractivity contribution in [3.05, 3.63) is 0 Å². The lowest BCUT2D eigenvalue weighted by Gasteiger charge is -2.16. The SMILES string of the molecule is CCCCCCNC(=O)NCC1CCCC1C(=O)O. The van der Waals surface area contributed by atoms with Crippen LogP contribution in [0.15, 0.2) is 0 Å². The maximum atomic E-state index is 11.5. The van der Waals surface area contributed by atoms with E-state index in [4.69, 9.17) is 5.11 Å². The maximum Gasteiger partial charge on any atom is 0.314 e. The average molecular weight is 270 g/mol. The van der Waals surface area contributed by atoms with Gasteiger partial charge < -0.3 is 15.7 Å². The van der Waals surface area contributed by atoms with E-state index in [1.54, 1.807) is 0 Å². The molecule has 1 saturated carbocycles. The van der Waals surface area contributed by atoms with E-state index in [0.717, 1.165) is 32.1 Å². The van der Waals surface area contributed by atoms with Gasteiger partial charge in [0.25, 0.3) is 0 Å². The Bertz CT molecular complexity index is 294. The second kappa shape index (κ2) is 8.77. The van der Waals surface area contributed by atoms with E-state index in [-0.39, 0.29) is 17.9 Å². The summed E-state index contributed by atoms with van der Waals surface area (Å²) in [6.07, 6.45) is 7.11. The molecule has 19 heavy (non-hydrogen) atoms. The quantitative estimate of drug-likeness (QED) is 0.592. The van der Waals surface area contributed by atoms with Crippen LogP contribution < -0.4 is 10.6 Å². The number of hydrogen-bond donors (Lipinski definition) is 3. The fourth-order valence-corrected chi connectivity index (χ4v) is 2.65. The van der Waals surface area contributed by atoms with Gasteiger partial charge in [0.2, 0.25) is 0 Å². The summed E-state index contributed by atoms with van der Waals surface area (Å²) < 4.78 is 0. The van der Waals surface area contributed by atoms with Crippen LogP contribution in [0.4, 0.5) is 4.79 Å². The highest BCUT2D eigenvalue weighted by Gasteiger charge is 2.32. The number of carbonyl (C=O) groups is 2. The third kappa shape index (κ3) is 5.94. The van der Waals surface area contributed by atoms with Crippen LogP contribution in [0.1, 0.15) is 51.9 Å². The first kappa shape index (κ1) is 15.8. The first-order valence-corrected chi connectivity index (χ1v) is 7.39. The largest absolute Gasteiger partial charge is 0.481 e. The van der Waals surface area contributed by atoms with Crippen molar-refractivity contribution in [3.63, 3.8) is 0 Å². The second-order valence-corrected chi connectivity index (χ2v) is 5.33. The number of rotatable bonds is 8. The molecule has 0 radical (unpaired) electrons. The second-order valence-electron chi connectivity index (χ2n) is 5.33. The number of hydrogen-bond acceptors (Lipinski definition) is 2. The van der Waals surface area contributed by atoms with Crippen LogP contribution in [0.5, 0.6) is 0 Å². The topological polar surface area (TPSA) is 78.4 Å². The number of carbonyl (C=O) groups excluding carboxylic acids is 1. The maximum absolute atomic E-state index is 11.5. The van der Waals surface area contributed by atoms with Gasteiger partial charge >= 0.3 is 12.0 Å². The lowest BCUT2D eigenvalue weighted by atomic mass is 9.96. The molecule has 1 aliphatic carbocycles. The van der Waals surface area contributed by atoms with Gasteiger partial charge in [0.1, 0.15) is 0 Å². The summed E-state index contributed by atoms with van der Waals surface area (Å²) in [5, 5.41) is 14.6. The summed E-state index contributed by atoms with van der Waals surface area (Å²) in [4.78, 5) is 22.5. The van der Waals surface area contributed by atoms with Crippen molar-refractivity contribution in [1.29, 1.82) is 0 Å². The molecule has 0 aromatic heterocycles. The Labute approximate surface area is 115 Å². The number of amides is 2. The van der Waals surface area contributed by atoms with Crippen LogP contribution in [0.25, 0.3) is 0 Å². The van der Waals surface area contributed by atoms with Gasteiger partial charge in [0.15, 0.2) is 0 Å². The van der Waals surface area contributed by atoms with E-state index in [1.165, 1.54) is 12.8 Å². The molecular weight excluding hydrogens is 244 g/mol. The van der Waals surface area contributed by atoms with Gasteiger partial charge in [0, 0.05) is 13.1 Å². The Balaban J connectivity index is 2.11. The number of aliphatic carboxylic acids is 1. The summed E-state index contributed by atoms with van der Waals surface area (Å²) in [5.74, 6) is -0.933. The number of urea groups is 1. The van der Waals surface area contributed by atoms with E-state index in [1.807, 2.05) is 0 Å². The molecule has 3 N–H and O–H groups in total. The first-order valence-electron chi connectivity index (χ1n) is 7.39. The molecule has 0 heterocycles. The van der Waals surface area contributed by atoms with Gasteiger partial charge in [-0.2, -0.15) is 0 Å². The third-order valence-corrected chi connectivity index (χ3v) is 3.82. The van der Waals surface area contributed by atoms with Crippen molar-refractivity contribution in [2.75, 3.05) is 13.1 Å². The van der Waals surface area contributed by atoms with Crippen molar-refractivity contribution in [2.24, 2.45) is 11.8 Å². The van der Waals surface area contributed by atoms with Crippen LogP contribution in [0.2, 0.25) is 0 Å². The van der Waals surface area contributed by atoms with Gasteiger partial charge in [-0.3, -0.25) is 4.79 Å². The van der Waals surface area contributed by atoms with Crippen molar-refractivity contribution in [3.8, 4) is 0 Å². The Hall–Kier alpha value is -1.26. The highest BCUT2D eigenvalue weighted by Crippen LogP contribution is 2.31. The van der Waals surface area contributed by atoms with Crippen LogP contribution in [-0.2, 0) is 4.79 Å². The van der Waals surface area contributed by atoms with Crippen molar-refractivity contribution in [1.82, 2.24) is 10.6 Å². The lowest BCUT2D eigenvalue weighted by molar-refractivity contribution is -0.142.